The lowest BCUT2D eigenvalue weighted by Gasteiger charge is -2.05. The highest BCUT2D eigenvalue weighted by molar-refractivity contribution is 7.16. The van der Waals surface area contributed by atoms with Crippen LogP contribution in [-0.2, 0) is 17.8 Å². The topological polar surface area (TPSA) is 70.6 Å². The lowest BCUT2D eigenvalue weighted by atomic mass is 10.3. The average Bonchev–Trinajstić information content (AvgIpc) is 3.23. The highest BCUT2D eigenvalue weighted by Gasteiger charge is 2.13. The summed E-state index contributed by atoms with van der Waals surface area (Å²) in [6.07, 6.45) is 1.61. The molecule has 3 aromatic rings. The van der Waals surface area contributed by atoms with E-state index in [1.54, 1.807) is 31.2 Å². The predicted octanol–water partition coefficient (Wildman–Crippen LogP) is 2.32. The van der Waals surface area contributed by atoms with Crippen molar-refractivity contribution < 1.29 is 14.3 Å². The largest absolute Gasteiger partial charge is 0.497 e. The van der Waals surface area contributed by atoms with Crippen LogP contribution in [0.3, 0.4) is 0 Å². The summed E-state index contributed by atoms with van der Waals surface area (Å²) >= 11 is 1.45. The molecule has 7 nitrogen and oxygen atoms in total. The van der Waals surface area contributed by atoms with E-state index in [1.165, 1.54) is 11.3 Å². The minimum Gasteiger partial charge on any atom is -0.497 e. The lowest BCUT2D eigenvalue weighted by Crippen LogP contribution is -2.20. The van der Waals surface area contributed by atoms with E-state index in [0.29, 0.717) is 30.2 Å². The molecule has 0 saturated carbocycles. The van der Waals surface area contributed by atoms with Gasteiger partial charge in [0.2, 0.25) is 0 Å². The highest BCUT2D eigenvalue weighted by atomic mass is 32.1. The van der Waals surface area contributed by atoms with Gasteiger partial charge in [-0.3, -0.25) is 9.48 Å². The van der Waals surface area contributed by atoms with Crippen molar-refractivity contribution in [2.45, 2.75) is 20.0 Å². The summed E-state index contributed by atoms with van der Waals surface area (Å²) in [4.78, 5) is 17.6. The number of fused-ring (bicyclic) bond motifs is 1. The van der Waals surface area contributed by atoms with Gasteiger partial charge in [-0.05, 0) is 31.2 Å². The molecule has 0 aliphatic carbocycles. The Labute approximate surface area is 149 Å². The third-order valence-electron chi connectivity index (χ3n) is 3.84. The highest BCUT2D eigenvalue weighted by Crippen LogP contribution is 2.23. The third-order valence-corrected chi connectivity index (χ3v) is 4.88. The van der Waals surface area contributed by atoms with Crippen LogP contribution in [0.25, 0.3) is 10.2 Å². The van der Waals surface area contributed by atoms with Crippen LogP contribution in [-0.4, -0.2) is 41.1 Å². The van der Waals surface area contributed by atoms with Crippen LogP contribution >= 0.6 is 11.3 Å². The number of nitrogens with zero attached hydrogens (tertiary/aromatic N) is 4. The van der Waals surface area contributed by atoms with E-state index in [0.717, 1.165) is 16.0 Å². The molecule has 0 atom stereocenters. The molecular weight excluding hydrogens is 340 g/mol. The first-order valence-electron chi connectivity index (χ1n) is 7.95. The first-order valence-corrected chi connectivity index (χ1v) is 8.76. The molecule has 25 heavy (non-hydrogen) atoms. The van der Waals surface area contributed by atoms with Crippen molar-refractivity contribution >= 4 is 27.5 Å². The number of ether oxygens (including phenoxy) is 2. The van der Waals surface area contributed by atoms with Gasteiger partial charge in [0.1, 0.15) is 11.4 Å². The maximum atomic E-state index is 12.6. The van der Waals surface area contributed by atoms with E-state index >= 15 is 0 Å². The second-order valence-electron chi connectivity index (χ2n) is 5.31. The second kappa shape index (κ2) is 7.62. The molecule has 0 N–H and O–H groups in total. The number of rotatable bonds is 6. The van der Waals surface area contributed by atoms with Gasteiger partial charge in [0.15, 0.2) is 4.80 Å². The summed E-state index contributed by atoms with van der Waals surface area (Å²) in [6, 6.07) is 7.50. The van der Waals surface area contributed by atoms with Crippen LogP contribution in [0.4, 0.5) is 0 Å². The van der Waals surface area contributed by atoms with Crippen molar-refractivity contribution in [2.24, 2.45) is 4.99 Å². The van der Waals surface area contributed by atoms with Gasteiger partial charge >= 0.3 is 0 Å². The molecule has 0 bridgehead atoms. The van der Waals surface area contributed by atoms with E-state index < -0.39 is 0 Å². The Morgan fingerprint density at radius 2 is 2.16 bits per heavy atom. The van der Waals surface area contributed by atoms with Crippen LogP contribution < -0.4 is 9.54 Å². The fourth-order valence-corrected chi connectivity index (χ4v) is 3.66. The first kappa shape index (κ1) is 17.4. The van der Waals surface area contributed by atoms with Crippen molar-refractivity contribution in [1.82, 2.24) is 14.3 Å². The number of amides is 1. The van der Waals surface area contributed by atoms with Crippen LogP contribution in [0.15, 0.2) is 35.5 Å². The number of hydrogen-bond acceptors (Lipinski definition) is 5. The number of aromatic nitrogens is 3. The molecule has 3 rings (SSSR count). The minimum atomic E-state index is -0.302. The molecule has 8 heteroatoms. The van der Waals surface area contributed by atoms with E-state index in [-0.39, 0.29) is 5.91 Å². The van der Waals surface area contributed by atoms with Crippen LogP contribution in [0.2, 0.25) is 0 Å². The molecule has 0 fully saturated rings. The SMILES string of the molecule is CCn1nccc1C(=O)N=c1sc2cc(OC)ccc2n1CCOC. The van der Waals surface area contributed by atoms with E-state index in [1.807, 2.05) is 29.7 Å². The zero-order valence-electron chi connectivity index (χ0n) is 14.4. The van der Waals surface area contributed by atoms with Crippen LogP contribution in [0.5, 0.6) is 5.75 Å². The van der Waals surface area contributed by atoms with Gasteiger partial charge in [-0.1, -0.05) is 11.3 Å². The molecule has 0 saturated heterocycles. The fourth-order valence-electron chi connectivity index (χ4n) is 2.57. The standard InChI is InChI=1S/C17H20N4O3S/c1-4-21-14(7-8-18-21)16(22)19-17-20(9-10-23-2)13-6-5-12(24-3)11-15(13)25-17/h5-8,11H,4,9-10H2,1-3H3. The minimum absolute atomic E-state index is 0.302. The van der Waals surface area contributed by atoms with Gasteiger partial charge in [0.25, 0.3) is 5.91 Å². The van der Waals surface area contributed by atoms with Crippen LogP contribution in [0.1, 0.15) is 17.4 Å². The monoisotopic (exact) mass is 360 g/mol. The zero-order chi connectivity index (χ0) is 17.8. The maximum absolute atomic E-state index is 12.6. The molecule has 132 valence electrons. The van der Waals surface area contributed by atoms with E-state index in [4.69, 9.17) is 9.47 Å². The van der Waals surface area contributed by atoms with Crippen molar-refractivity contribution in [3.63, 3.8) is 0 Å². The zero-order valence-corrected chi connectivity index (χ0v) is 15.2. The molecule has 2 aromatic heterocycles. The molecule has 0 radical (unpaired) electrons. The molecule has 2 heterocycles. The third kappa shape index (κ3) is 3.49. The predicted molar refractivity (Wildman–Crippen MR) is 96.0 cm³/mol. The normalized spacial score (nSPS) is 12.0. The van der Waals surface area contributed by atoms with Gasteiger partial charge in [0, 0.05) is 26.4 Å². The molecule has 0 spiro atoms. The molecule has 0 aliphatic rings. The van der Waals surface area contributed by atoms with Crippen molar-refractivity contribution in [3.05, 3.63) is 41.0 Å². The molecule has 1 aromatic carbocycles. The Balaban J connectivity index is 2.11. The van der Waals surface area contributed by atoms with Crippen molar-refractivity contribution in [3.8, 4) is 5.75 Å². The van der Waals surface area contributed by atoms with Gasteiger partial charge in [-0.2, -0.15) is 10.1 Å². The maximum Gasteiger partial charge on any atom is 0.297 e. The Morgan fingerprint density at radius 3 is 2.88 bits per heavy atom. The number of aryl methyl sites for hydroxylation is 1. The summed E-state index contributed by atoms with van der Waals surface area (Å²) in [5.41, 5.74) is 1.48. The summed E-state index contributed by atoms with van der Waals surface area (Å²) in [6.45, 7) is 3.71. The summed E-state index contributed by atoms with van der Waals surface area (Å²) in [5.74, 6) is 0.471. The van der Waals surface area contributed by atoms with Crippen molar-refractivity contribution in [1.29, 1.82) is 0 Å². The molecule has 0 unspecified atom stereocenters. The van der Waals surface area contributed by atoms with Crippen LogP contribution in [0, 0.1) is 0 Å². The number of carbonyl (C=O) groups is 1. The lowest BCUT2D eigenvalue weighted by molar-refractivity contribution is 0.0987. The fraction of sp³-hybridized carbons (Fsp3) is 0.353. The molecular formula is C17H20N4O3S. The summed E-state index contributed by atoms with van der Waals surface area (Å²) < 4.78 is 15.1. The first-order chi connectivity index (χ1) is 12.2. The number of carbonyl (C=O) groups excluding carboxylic acids is 1. The molecule has 0 aliphatic heterocycles. The van der Waals surface area contributed by atoms with E-state index in [2.05, 4.69) is 10.1 Å². The van der Waals surface area contributed by atoms with Gasteiger partial charge in [-0.15, -0.1) is 0 Å². The Bertz CT molecular complexity index is 954. The Hall–Kier alpha value is -2.45. The number of benzene rings is 1. The Morgan fingerprint density at radius 1 is 1.32 bits per heavy atom. The van der Waals surface area contributed by atoms with Gasteiger partial charge in [-0.25, -0.2) is 0 Å². The number of hydrogen-bond donors (Lipinski definition) is 0. The second-order valence-corrected chi connectivity index (χ2v) is 6.32. The average molecular weight is 360 g/mol. The Kier molecular flexibility index (Phi) is 5.30. The number of methoxy groups -OCH3 is 2. The number of thiazole rings is 1. The quantitative estimate of drug-likeness (QED) is 0.676. The van der Waals surface area contributed by atoms with Crippen molar-refractivity contribution in [2.75, 3.05) is 20.8 Å². The summed E-state index contributed by atoms with van der Waals surface area (Å²) in [5, 5.41) is 4.13. The summed E-state index contributed by atoms with van der Waals surface area (Å²) in [7, 11) is 3.29. The van der Waals surface area contributed by atoms with E-state index in [9.17, 15) is 4.79 Å². The molecule has 1 amide bonds. The van der Waals surface area contributed by atoms with Gasteiger partial charge < -0.3 is 14.0 Å². The smallest absolute Gasteiger partial charge is 0.297 e. The van der Waals surface area contributed by atoms with Gasteiger partial charge in [0.05, 0.1) is 23.9 Å².